The molecule has 0 N–H and O–H groups in total. The van der Waals surface area contributed by atoms with E-state index in [9.17, 15) is 4.79 Å². The number of benzene rings is 1. The lowest BCUT2D eigenvalue weighted by molar-refractivity contribution is 0.0494. The Balaban J connectivity index is 1.44. The first-order valence-electron chi connectivity index (χ1n) is 8.02. The maximum absolute atomic E-state index is 12.6. The number of pyridine rings is 1. The molecule has 0 saturated carbocycles. The number of carbonyl (C=O) groups excluding carboxylic acids is 1. The zero-order valence-corrected chi connectivity index (χ0v) is 14.6. The molecule has 25 heavy (non-hydrogen) atoms. The molecule has 0 atom stereocenters. The lowest BCUT2D eigenvalue weighted by Gasteiger charge is -2.39. The Labute approximate surface area is 149 Å². The van der Waals surface area contributed by atoms with E-state index in [1.807, 2.05) is 58.4 Å². The van der Waals surface area contributed by atoms with Crippen LogP contribution in [0.25, 0.3) is 11.3 Å². The van der Waals surface area contributed by atoms with Crippen molar-refractivity contribution in [2.24, 2.45) is 0 Å². The van der Waals surface area contributed by atoms with Crippen LogP contribution in [0.5, 0.6) is 0 Å². The molecule has 1 aliphatic rings. The molecular weight excluding hydrogens is 334 g/mol. The number of carbonyl (C=O) groups is 1. The zero-order chi connectivity index (χ0) is 17.2. The first-order valence-corrected chi connectivity index (χ1v) is 9.24. The topological polar surface area (TPSA) is 63.9 Å². The van der Waals surface area contributed by atoms with Crippen molar-refractivity contribution in [3.63, 3.8) is 0 Å². The number of hydrogen-bond acceptors (Lipinski definition) is 5. The van der Waals surface area contributed by atoms with Crippen molar-refractivity contribution in [3.05, 3.63) is 60.4 Å². The van der Waals surface area contributed by atoms with Crippen LogP contribution in [0, 0.1) is 0 Å². The van der Waals surface area contributed by atoms with Crippen LogP contribution in [0.15, 0.2) is 59.9 Å². The summed E-state index contributed by atoms with van der Waals surface area (Å²) in [6.07, 6.45) is 5.58. The maximum Gasteiger partial charge on any atom is 0.256 e. The summed E-state index contributed by atoms with van der Waals surface area (Å²) in [6.45, 7) is 1.28. The van der Waals surface area contributed by atoms with Crippen molar-refractivity contribution in [3.8, 4) is 11.3 Å². The average Bonchev–Trinajstić information content (AvgIpc) is 3.10. The molecule has 1 aromatic carbocycles. The van der Waals surface area contributed by atoms with Gasteiger partial charge in [-0.15, -0.1) is 16.9 Å². The fourth-order valence-electron chi connectivity index (χ4n) is 2.87. The van der Waals surface area contributed by atoms with Crippen molar-refractivity contribution in [2.45, 2.75) is 11.1 Å². The Morgan fingerprint density at radius 3 is 2.72 bits per heavy atom. The van der Waals surface area contributed by atoms with E-state index in [0.29, 0.717) is 18.7 Å². The van der Waals surface area contributed by atoms with Crippen LogP contribution in [0.3, 0.4) is 0 Å². The molecule has 0 unspecified atom stereocenters. The van der Waals surface area contributed by atoms with E-state index in [0.717, 1.165) is 16.3 Å². The number of aromatic nitrogens is 4. The summed E-state index contributed by atoms with van der Waals surface area (Å²) in [4.78, 5) is 18.7. The van der Waals surface area contributed by atoms with Crippen molar-refractivity contribution >= 4 is 17.7 Å². The third-order valence-electron chi connectivity index (χ3n) is 4.30. The van der Waals surface area contributed by atoms with Crippen LogP contribution < -0.4 is 0 Å². The van der Waals surface area contributed by atoms with E-state index in [1.54, 1.807) is 12.3 Å². The van der Waals surface area contributed by atoms with Crippen LogP contribution in [0.2, 0.25) is 0 Å². The fourth-order valence-corrected chi connectivity index (χ4v) is 3.41. The summed E-state index contributed by atoms with van der Waals surface area (Å²) in [5, 5.41) is 9.23. The number of likely N-dealkylation sites (tertiary alicyclic amines) is 1. The van der Waals surface area contributed by atoms with Crippen molar-refractivity contribution < 1.29 is 4.79 Å². The van der Waals surface area contributed by atoms with Gasteiger partial charge in [-0.3, -0.25) is 4.79 Å². The molecule has 126 valence electrons. The fraction of sp³-hybridized carbons (Fsp3) is 0.222. The summed E-state index contributed by atoms with van der Waals surface area (Å²) in [7, 11) is 0. The highest BCUT2D eigenvalue weighted by Gasteiger charge is 2.34. The van der Waals surface area contributed by atoms with E-state index in [4.69, 9.17) is 0 Å². The van der Waals surface area contributed by atoms with Crippen LogP contribution in [-0.2, 0) is 0 Å². The molecule has 7 heteroatoms. The average molecular weight is 351 g/mol. The van der Waals surface area contributed by atoms with E-state index >= 15 is 0 Å². The minimum absolute atomic E-state index is 0.0251. The Morgan fingerprint density at radius 2 is 1.96 bits per heavy atom. The lowest BCUT2D eigenvalue weighted by Crippen LogP contribution is -2.51. The zero-order valence-electron chi connectivity index (χ0n) is 13.7. The first-order chi connectivity index (χ1) is 12.3. The minimum Gasteiger partial charge on any atom is -0.334 e. The van der Waals surface area contributed by atoms with Gasteiger partial charge in [-0.25, -0.2) is 9.67 Å². The number of hydrogen-bond donors (Lipinski definition) is 0. The predicted molar refractivity (Wildman–Crippen MR) is 96.4 cm³/mol. The van der Waals surface area contributed by atoms with Gasteiger partial charge in [0.1, 0.15) is 10.7 Å². The quantitative estimate of drug-likeness (QED) is 0.676. The van der Waals surface area contributed by atoms with Gasteiger partial charge in [0.15, 0.2) is 0 Å². The van der Waals surface area contributed by atoms with E-state index in [-0.39, 0.29) is 11.9 Å². The second-order valence-corrected chi connectivity index (χ2v) is 6.67. The molecule has 1 aliphatic heterocycles. The molecule has 3 aromatic rings. The third kappa shape index (κ3) is 3.02. The molecule has 4 rings (SSSR count). The molecule has 0 spiro atoms. The normalized spacial score (nSPS) is 14.4. The maximum atomic E-state index is 12.6. The molecule has 1 amide bonds. The monoisotopic (exact) mass is 351 g/mol. The highest BCUT2D eigenvalue weighted by molar-refractivity contribution is 7.98. The van der Waals surface area contributed by atoms with Crippen LogP contribution in [0.4, 0.5) is 0 Å². The van der Waals surface area contributed by atoms with Gasteiger partial charge in [0.25, 0.3) is 5.91 Å². The van der Waals surface area contributed by atoms with E-state index in [2.05, 4.69) is 15.3 Å². The molecule has 0 bridgehead atoms. The van der Waals surface area contributed by atoms with Gasteiger partial charge < -0.3 is 4.90 Å². The van der Waals surface area contributed by atoms with Crippen LogP contribution in [-0.4, -0.2) is 50.1 Å². The predicted octanol–water partition coefficient (Wildman–Crippen LogP) is 2.76. The van der Waals surface area contributed by atoms with Crippen molar-refractivity contribution in [1.29, 1.82) is 0 Å². The van der Waals surface area contributed by atoms with E-state index < -0.39 is 0 Å². The van der Waals surface area contributed by atoms with Gasteiger partial charge in [-0.2, -0.15) is 0 Å². The van der Waals surface area contributed by atoms with Gasteiger partial charge in [-0.1, -0.05) is 35.5 Å². The minimum atomic E-state index is 0.0251. The van der Waals surface area contributed by atoms with Gasteiger partial charge >= 0.3 is 0 Å². The smallest absolute Gasteiger partial charge is 0.256 e. The second-order valence-electron chi connectivity index (χ2n) is 5.87. The molecule has 0 radical (unpaired) electrons. The highest BCUT2D eigenvalue weighted by atomic mass is 32.2. The number of thioether (sulfide) groups is 1. The van der Waals surface area contributed by atoms with Crippen LogP contribution in [0.1, 0.15) is 16.4 Å². The molecule has 2 aromatic heterocycles. The van der Waals surface area contributed by atoms with Gasteiger partial charge in [0.2, 0.25) is 0 Å². The standard InChI is InChI=1S/C18H17N5OS/c1-25-17-15(8-5-9-19-17)18(24)22-10-14(11-22)23-12-16(20-21-23)13-6-3-2-4-7-13/h2-9,12,14H,10-11H2,1H3. The molecule has 0 aliphatic carbocycles. The third-order valence-corrected chi connectivity index (χ3v) is 5.01. The number of amides is 1. The molecule has 1 saturated heterocycles. The Hall–Kier alpha value is -2.67. The molecule has 1 fully saturated rings. The molecule has 3 heterocycles. The first kappa shape index (κ1) is 15.8. The Morgan fingerprint density at radius 1 is 1.16 bits per heavy atom. The summed E-state index contributed by atoms with van der Waals surface area (Å²) < 4.78 is 1.85. The van der Waals surface area contributed by atoms with Crippen LogP contribution >= 0.6 is 11.8 Å². The Kier molecular flexibility index (Phi) is 4.23. The SMILES string of the molecule is CSc1ncccc1C(=O)N1CC(n2cc(-c3ccccc3)nn2)C1. The largest absolute Gasteiger partial charge is 0.334 e. The Bertz CT molecular complexity index is 889. The van der Waals surface area contributed by atoms with Crippen molar-refractivity contribution in [1.82, 2.24) is 24.9 Å². The lowest BCUT2D eigenvalue weighted by atomic mass is 10.1. The van der Waals surface area contributed by atoms with E-state index in [1.165, 1.54) is 11.8 Å². The number of nitrogens with zero attached hydrogens (tertiary/aromatic N) is 5. The number of rotatable bonds is 4. The highest BCUT2D eigenvalue weighted by Crippen LogP contribution is 2.26. The van der Waals surface area contributed by atoms with Gasteiger partial charge in [0, 0.05) is 24.8 Å². The summed E-state index contributed by atoms with van der Waals surface area (Å²) in [6, 6.07) is 13.8. The summed E-state index contributed by atoms with van der Waals surface area (Å²) in [5.74, 6) is 0.0251. The molecular formula is C18H17N5OS. The molecule has 6 nitrogen and oxygen atoms in total. The van der Waals surface area contributed by atoms with Gasteiger partial charge in [-0.05, 0) is 18.4 Å². The summed E-state index contributed by atoms with van der Waals surface area (Å²) in [5.41, 5.74) is 2.56. The van der Waals surface area contributed by atoms with Crippen molar-refractivity contribution in [2.75, 3.05) is 19.3 Å². The summed E-state index contributed by atoms with van der Waals surface area (Å²) >= 11 is 1.49. The second kappa shape index (κ2) is 6.68. The van der Waals surface area contributed by atoms with Gasteiger partial charge in [0.05, 0.1) is 17.8 Å².